The zero-order valence-corrected chi connectivity index (χ0v) is 15.4. The van der Waals surface area contributed by atoms with Crippen molar-refractivity contribution < 1.29 is 9.53 Å². The summed E-state index contributed by atoms with van der Waals surface area (Å²) in [5.74, 6) is 1.11. The molecule has 0 aliphatic carbocycles. The van der Waals surface area contributed by atoms with E-state index in [9.17, 15) is 4.79 Å². The summed E-state index contributed by atoms with van der Waals surface area (Å²) >= 11 is 0. The molecule has 0 radical (unpaired) electrons. The Morgan fingerprint density at radius 3 is 2.96 bits per heavy atom. The number of amides is 1. The third-order valence-electron chi connectivity index (χ3n) is 4.82. The van der Waals surface area contributed by atoms with E-state index < -0.39 is 0 Å². The molecular weight excluding hydrogens is 328 g/mol. The number of carbonyl (C=O) groups is 1. The van der Waals surface area contributed by atoms with Gasteiger partial charge in [-0.2, -0.15) is 0 Å². The van der Waals surface area contributed by atoms with E-state index in [1.165, 1.54) is 6.42 Å². The van der Waals surface area contributed by atoms with Gasteiger partial charge in [-0.05, 0) is 50.2 Å². The Morgan fingerprint density at radius 2 is 2.15 bits per heavy atom. The van der Waals surface area contributed by atoms with E-state index in [1.54, 1.807) is 25.4 Å². The molecule has 1 aromatic heterocycles. The van der Waals surface area contributed by atoms with Crippen molar-refractivity contribution in [1.82, 2.24) is 15.2 Å². The second-order valence-electron chi connectivity index (χ2n) is 6.36. The summed E-state index contributed by atoms with van der Waals surface area (Å²) in [5, 5.41) is 6.28. The van der Waals surface area contributed by atoms with Crippen molar-refractivity contribution in [3.63, 3.8) is 0 Å². The van der Waals surface area contributed by atoms with Crippen molar-refractivity contribution in [3.8, 4) is 5.75 Å². The number of rotatable bonds is 7. The molecule has 2 heterocycles. The molecule has 1 aromatic carbocycles. The fourth-order valence-corrected chi connectivity index (χ4v) is 3.41. The topological polar surface area (TPSA) is 66.5 Å². The number of likely N-dealkylation sites (tertiary alicyclic amines) is 1. The van der Waals surface area contributed by atoms with Crippen LogP contribution in [0.25, 0.3) is 0 Å². The quantitative estimate of drug-likeness (QED) is 0.800. The van der Waals surface area contributed by atoms with Crippen molar-refractivity contribution in [2.75, 3.05) is 32.1 Å². The number of likely N-dealkylation sites (N-methyl/N-ethyl adjacent to an activating group) is 1. The van der Waals surface area contributed by atoms with Gasteiger partial charge in [0.1, 0.15) is 11.6 Å². The molecule has 138 valence electrons. The number of benzene rings is 1. The van der Waals surface area contributed by atoms with Gasteiger partial charge in [0.05, 0.1) is 18.4 Å². The SMILES string of the molecule is CCN1CCCC1CNC(=O)c1cccnc1Nc1ccccc1OC. The summed E-state index contributed by atoms with van der Waals surface area (Å²) in [7, 11) is 1.62. The van der Waals surface area contributed by atoms with Crippen molar-refractivity contribution in [2.24, 2.45) is 0 Å². The predicted octanol–water partition coefficient (Wildman–Crippen LogP) is 3.05. The zero-order chi connectivity index (χ0) is 18.4. The van der Waals surface area contributed by atoms with Crippen molar-refractivity contribution in [1.29, 1.82) is 0 Å². The largest absolute Gasteiger partial charge is 0.495 e. The average Bonchev–Trinajstić information content (AvgIpc) is 3.14. The monoisotopic (exact) mass is 354 g/mol. The van der Waals surface area contributed by atoms with Gasteiger partial charge in [0.15, 0.2) is 0 Å². The van der Waals surface area contributed by atoms with E-state index in [0.717, 1.165) is 25.2 Å². The van der Waals surface area contributed by atoms with Crippen LogP contribution in [-0.2, 0) is 0 Å². The minimum absolute atomic E-state index is 0.113. The number of ether oxygens (including phenoxy) is 1. The molecule has 2 aromatic rings. The number of hydrogen-bond acceptors (Lipinski definition) is 5. The lowest BCUT2D eigenvalue weighted by Gasteiger charge is -2.23. The second-order valence-corrected chi connectivity index (χ2v) is 6.36. The van der Waals surface area contributed by atoms with E-state index in [4.69, 9.17) is 4.74 Å². The first kappa shape index (κ1) is 18.2. The molecule has 1 unspecified atom stereocenters. The minimum atomic E-state index is -0.113. The summed E-state index contributed by atoms with van der Waals surface area (Å²) in [6.07, 6.45) is 4.00. The maximum Gasteiger partial charge on any atom is 0.255 e. The molecule has 1 amide bonds. The van der Waals surface area contributed by atoms with Gasteiger partial charge < -0.3 is 15.4 Å². The normalized spacial score (nSPS) is 17.1. The third kappa shape index (κ3) is 4.14. The number of nitrogens with zero attached hydrogens (tertiary/aromatic N) is 2. The van der Waals surface area contributed by atoms with Gasteiger partial charge in [0, 0.05) is 18.8 Å². The van der Waals surface area contributed by atoms with Crippen LogP contribution in [0.5, 0.6) is 5.75 Å². The van der Waals surface area contributed by atoms with Gasteiger partial charge in [-0.3, -0.25) is 9.69 Å². The number of methoxy groups -OCH3 is 1. The molecule has 0 saturated carbocycles. The molecule has 6 nitrogen and oxygen atoms in total. The number of anilines is 2. The maximum atomic E-state index is 12.7. The molecule has 3 rings (SSSR count). The van der Waals surface area contributed by atoms with Crippen LogP contribution >= 0.6 is 0 Å². The molecule has 6 heteroatoms. The highest BCUT2D eigenvalue weighted by molar-refractivity contribution is 5.99. The highest BCUT2D eigenvalue weighted by Gasteiger charge is 2.24. The van der Waals surface area contributed by atoms with Crippen LogP contribution < -0.4 is 15.4 Å². The number of carbonyl (C=O) groups excluding carboxylic acids is 1. The lowest BCUT2D eigenvalue weighted by molar-refractivity contribution is 0.0942. The Balaban J connectivity index is 1.71. The minimum Gasteiger partial charge on any atom is -0.495 e. The summed E-state index contributed by atoms with van der Waals surface area (Å²) in [6.45, 7) is 4.96. The lowest BCUT2D eigenvalue weighted by Crippen LogP contribution is -2.40. The van der Waals surface area contributed by atoms with Gasteiger partial charge in [-0.15, -0.1) is 0 Å². The highest BCUT2D eigenvalue weighted by atomic mass is 16.5. The number of nitrogens with one attached hydrogen (secondary N) is 2. The van der Waals surface area contributed by atoms with Gasteiger partial charge in [-0.25, -0.2) is 4.98 Å². The van der Waals surface area contributed by atoms with Crippen LogP contribution in [0.4, 0.5) is 11.5 Å². The van der Waals surface area contributed by atoms with Crippen LogP contribution in [0.15, 0.2) is 42.6 Å². The molecule has 1 aliphatic heterocycles. The Bertz CT molecular complexity index is 750. The Hall–Kier alpha value is -2.60. The summed E-state index contributed by atoms with van der Waals surface area (Å²) < 4.78 is 5.36. The van der Waals surface area contributed by atoms with Gasteiger partial charge in [-0.1, -0.05) is 19.1 Å². The molecule has 26 heavy (non-hydrogen) atoms. The molecule has 1 atom stereocenters. The fourth-order valence-electron chi connectivity index (χ4n) is 3.41. The molecule has 1 aliphatic rings. The first-order chi connectivity index (χ1) is 12.7. The standard InChI is InChI=1S/C20H26N4O2/c1-3-24-13-7-8-15(24)14-22-20(25)16-9-6-12-21-19(16)23-17-10-4-5-11-18(17)26-2/h4-6,9-12,15H,3,7-8,13-14H2,1-2H3,(H,21,23)(H,22,25). The van der Waals surface area contributed by atoms with Crippen molar-refractivity contribution in [2.45, 2.75) is 25.8 Å². The lowest BCUT2D eigenvalue weighted by atomic mass is 10.2. The second kappa shape index (κ2) is 8.67. The Kier molecular flexibility index (Phi) is 6.07. The number of para-hydroxylation sites is 2. The van der Waals surface area contributed by atoms with Gasteiger partial charge in [0.2, 0.25) is 0 Å². The number of hydrogen-bond donors (Lipinski definition) is 2. The highest BCUT2D eigenvalue weighted by Crippen LogP contribution is 2.27. The van der Waals surface area contributed by atoms with E-state index in [1.807, 2.05) is 24.3 Å². The van der Waals surface area contributed by atoms with Crippen LogP contribution in [-0.4, -0.2) is 48.6 Å². The first-order valence-electron chi connectivity index (χ1n) is 9.10. The van der Waals surface area contributed by atoms with Crippen molar-refractivity contribution >= 4 is 17.4 Å². The van der Waals surface area contributed by atoms with Crippen LogP contribution in [0.3, 0.4) is 0 Å². The third-order valence-corrected chi connectivity index (χ3v) is 4.82. The molecule has 2 N–H and O–H groups in total. The summed E-state index contributed by atoms with van der Waals surface area (Å²) in [5.41, 5.74) is 1.30. The van der Waals surface area contributed by atoms with Crippen molar-refractivity contribution in [3.05, 3.63) is 48.2 Å². The molecule has 1 saturated heterocycles. The zero-order valence-electron chi connectivity index (χ0n) is 15.4. The smallest absolute Gasteiger partial charge is 0.255 e. The van der Waals surface area contributed by atoms with Crippen LogP contribution in [0.2, 0.25) is 0 Å². The molecule has 0 spiro atoms. The molecule has 1 fully saturated rings. The van der Waals surface area contributed by atoms with E-state index in [-0.39, 0.29) is 5.91 Å². The van der Waals surface area contributed by atoms with Crippen LogP contribution in [0.1, 0.15) is 30.1 Å². The Morgan fingerprint density at radius 1 is 1.31 bits per heavy atom. The number of aromatic nitrogens is 1. The predicted molar refractivity (Wildman–Crippen MR) is 103 cm³/mol. The molecular formula is C20H26N4O2. The fraction of sp³-hybridized carbons (Fsp3) is 0.400. The van der Waals surface area contributed by atoms with E-state index in [2.05, 4.69) is 27.4 Å². The summed E-state index contributed by atoms with van der Waals surface area (Å²) in [6, 6.07) is 11.6. The summed E-state index contributed by atoms with van der Waals surface area (Å²) in [4.78, 5) is 19.5. The number of pyridine rings is 1. The maximum absolute atomic E-state index is 12.7. The van der Waals surface area contributed by atoms with Gasteiger partial charge in [0.25, 0.3) is 5.91 Å². The van der Waals surface area contributed by atoms with Gasteiger partial charge >= 0.3 is 0 Å². The van der Waals surface area contributed by atoms with E-state index >= 15 is 0 Å². The average molecular weight is 354 g/mol. The molecule has 0 bridgehead atoms. The Labute approximate surface area is 154 Å². The van der Waals surface area contributed by atoms with E-state index in [0.29, 0.717) is 29.7 Å². The first-order valence-corrected chi connectivity index (χ1v) is 9.10. The van der Waals surface area contributed by atoms with Crippen LogP contribution in [0, 0.1) is 0 Å².